The molecular formula is C20H12Cl2F3NO. The molecule has 27 heavy (non-hydrogen) atoms. The fourth-order valence-corrected chi connectivity index (χ4v) is 2.70. The van der Waals surface area contributed by atoms with Crippen LogP contribution in [0, 0.1) is 0 Å². The molecule has 0 aliphatic rings. The Morgan fingerprint density at radius 1 is 0.815 bits per heavy atom. The van der Waals surface area contributed by atoms with Crippen molar-refractivity contribution in [3.63, 3.8) is 0 Å². The first-order valence-corrected chi connectivity index (χ1v) is 8.53. The summed E-state index contributed by atoms with van der Waals surface area (Å²) in [5.74, 6) is 0.336. The zero-order chi connectivity index (χ0) is 19.4. The smallest absolute Gasteiger partial charge is 0.356 e. The lowest BCUT2D eigenvalue weighted by molar-refractivity contribution is -0.137. The molecule has 7 heteroatoms. The molecule has 0 heterocycles. The lowest BCUT2D eigenvalue weighted by atomic mass is 9.97. The van der Waals surface area contributed by atoms with Gasteiger partial charge < -0.3 is 4.84 Å². The third-order valence-electron chi connectivity index (χ3n) is 3.65. The molecule has 0 aliphatic heterocycles. The van der Waals surface area contributed by atoms with Gasteiger partial charge >= 0.3 is 6.18 Å². The summed E-state index contributed by atoms with van der Waals surface area (Å²) >= 11 is 11.8. The molecular weight excluding hydrogens is 398 g/mol. The molecule has 0 aliphatic carbocycles. The number of alkyl halides is 3. The number of halogens is 5. The van der Waals surface area contributed by atoms with Crippen LogP contribution >= 0.6 is 23.2 Å². The topological polar surface area (TPSA) is 21.6 Å². The minimum Gasteiger partial charge on any atom is -0.356 e. The Balaban J connectivity index is 2.13. The van der Waals surface area contributed by atoms with E-state index in [0.717, 1.165) is 6.07 Å². The maximum Gasteiger partial charge on any atom is 0.417 e. The molecule has 3 aromatic carbocycles. The van der Waals surface area contributed by atoms with Gasteiger partial charge in [0.2, 0.25) is 0 Å². The first-order chi connectivity index (χ1) is 12.8. The SMILES string of the molecule is FC(F)(F)c1ccc(Cl)cc1C(=NOc1ccc(Cl)cc1)c1ccccc1. The number of hydrogen-bond acceptors (Lipinski definition) is 2. The molecule has 0 N–H and O–H groups in total. The van der Waals surface area contributed by atoms with Crippen molar-refractivity contribution in [3.8, 4) is 5.75 Å². The monoisotopic (exact) mass is 409 g/mol. The van der Waals surface area contributed by atoms with Crippen molar-refractivity contribution >= 4 is 28.9 Å². The van der Waals surface area contributed by atoms with Crippen molar-refractivity contribution in [2.75, 3.05) is 0 Å². The van der Waals surface area contributed by atoms with Crippen LogP contribution in [-0.4, -0.2) is 5.71 Å². The summed E-state index contributed by atoms with van der Waals surface area (Å²) in [5, 5.41) is 4.66. The second-order valence-electron chi connectivity index (χ2n) is 5.54. The molecule has 0 fully saturated rings. The Morgan fingerprint density at radius 2 is 1.44 bits per heavy atom. The standard InChI is InChI=1S/C20H12Cl2F3NO/c21-14-6-9-16(10-7-14)27-26-19(13-4-2-1-3-5-13)17-12-15(22)8-11-18(17)20(23,24)25/h1-12H. The van der Waals surface area contributed by atoms with E-state index in [2.05, 4.69) is 5.16 Å². The van der Waals surface area contributed by atoms with Crippen LogP contribution < -0.4 is 4.84 Å². The highest BCUT2D eigenvalue weighted by molar-refractivity contribution is 6.31. The van der Waals surface area contributed by atoms with Crippen LogP contribution in [0.15, 0.2) is 78.0 Å². The van der Waals surface area contributed by atoms with Crippen LogP contribution in [0.4, 0.5) is 13.2 Å². The van der Waals surface area contributed by atoms with E-state index in [-0.39, 0.29) is 16.3 Å². The zero-order valence-electron chi connectivity index (χ0n) is 13.7. The molecule has 138 valence electrons. The van der Waals surface area contributed by atoms with Gasteiger partial charge in [-0.3, -0.25) is 0 Å². The summed E-state index contributed by atoms with van der Waals surface area (Å²) in [7, 11) is 0. The van der Waals surface area contributed by atoms with Gasteiger partial charge in [0.1, 0.15) is 5.71 Å². The maximum absolute atomic E-state index is 13.5. The highest BCUT2D eigenvalue weighted by Crippen LogP contribution is 2.34. The van der Waals surface area contributed by atoms with E-state index in [1.807, 2.05) is 0 Å². The molecule has 0 saturated carbocycles. The third-order valence-corrected chi connectivity index (χ3v) is 4.13. The Bertz CT molecular complexity index is 955. The summed E-state index contributed by atoms with van der Waals surface area (Å²) in [5.41, 5.74) is -0.552. The third kappa shape index (κ3) is 4.81. The van der Waals surface area contributed by atoms with Crippen molar-refractivity contribution < 1.29 is 18.0 Å². The number of rotatable bonds is 4. The maximum atomic E-state index is 13.5. The molecule has 0 spiro atoms. The lowest BCUT2D eigenvalue weighted by Gasteiger charge is -2.15. The molecule has 0 amide bonds. The van der Waals surface area contributed by atoms with Crippen LogP contribution in [0.25, 0.3) is 0 Å². The van der Waals surface area contributed by atoms with Gasteiger partial charge in [-0.2, -0.15) is 13.2 Å². The van der Waals surface area contributed by atoms with Crippen LogP contribution in [0.5, 0.6) is 5.75 Å². The first-order valence-electron chi connectivity index (χ1n) is 7.78. The Hall–Kier alpha value is -2.50. The summed E-state index contributed by atoms with van der Waals surface area (Å²) in [6, 6.07) is 18.1. The Morgan fingerprint density at radius 3 is 2.07 bits per heavy atom. The van der Waals surface area contributed by atoms with Gasteiger partial charge in [0.25, 0.3) is 0 Å². The van der Waals surface area contributed by atoms with E-state index in [9.17, 15) is 13.2 Å². The highest BCUT2D eigenvalue weighted by atomic mass is 35.5. The van der Waals surface area contributed by atoms with E-state index in [0.29, 0.717) is 16.3 Å². The summed E-state index contributed by atoms with van der Waals surface area (Å²) in [6.45, 7) is 0. The fraction of sp³-hybridized carbons (Fsp3) is 0.0500. The van der Waals surface area contributed by atoms with Crippen molar-refractivity contribution in [1.29, 1.82) is 0 Å². The Kier molecular flexibility index (Phi) is 5.73. The summed E-state index contributed by atoms with van der Waals surface area (Å²) in [4.78, 5) is 5.36. The van der Waals surface area contributed by atoms with E-state index >= 15 is 0 Å². The summed E-state index contributed by atoms with van der Waals surface area (Å²) < 4.78 is 40.5. The predicted octanol–water partition coefficient (Wildman–Crippen LogP) is 6.84. The van der Waals surface area contributed by atoms with E-state index in [1.165, 1.54) is 12.1 Å². The molecule has 0 bridgehead atoms. The second kappa shape index (κ2) is 8.03. The van der Waals surface area contributed by atoms with Crippen LogP contribution in [0.2, 0.25) is 10.0 Å². The molecule has 0 radical (unpaired) electrons. The van der Waals surface area contributed by atoms with Crippen molar-refractivity contribution in [2.24, 2.45) is 5.16 Å². The lowest BCUT2D eigenvalue weighted by Crippen LogP contribution is -2.15. The van der Waals surface area contributed by atoms with E-state index in [1.54, 1.807) is 54.6 Å². The molecule has 0 aromatic heterocycles. The first kappa shape index (κ1) is 19.3. The van der Waals surface area contributed by atoms with Gasteiger partial charge in [-0.1, -0.05) is 58.7 Å². The van der Waals surface area contributed by atoms with Gasteiger partial charge in [0.05, 0.1) is 5.56 Å². The van der Waals surface area contributed by atoms with Crippen LogP contribution in [0.3, 0.4) is 0 Å². The molecule has 0 unspecified atom stereocenters. The number of benzene rings is 3. The average Bonchev–Trinajstić information content (AvgIpc) is 2.63. The number of hydrogen-bond donors (Lipinski definition) is 0. The summed E-state index contributed by atoms with van der Waals surface area (Å²) in [6.07, 6.45) is -4.57. The predicted molar refractivity (Wildman–Crippen MR) is 101 cm³/mol. The number of nitrogens with zero attached hydrogens (tertiary/aromatic N) is 1. The van der Waals surface area contributed by atoms with E-state index in [4.69, 9.17) is 28.0 Å². The zero-order valence-corrected chi connectivity index (χ0v) is 15.2. The van der Waals surface area contributed by atoms with Gasteiger partial charge in [-0.05, 0) is 42.5 Å². The second-order valence-corrected chi connectivity index (χ2v) is 6.41. The van der Waals surface area contributed by atoms with Crippen LogP contribution in [-0.2, 0) is 6.18 Å². The largest absolute Gasteiger partial charge is 0.417 e. The minimum atomic E-state index is -4.57. The fourth-order valence-electron chi connectivity index (χ4n) is 2.41. The molecule has 3 aromatic rings. The Labute approximate surface area is 163 Å². The van der Waals surface area contributed by atoms with E-state index < -0.39 is 11.7 Å². The number of oxime groups is 1. The average molecular weight is 410 g/mol. The van der Waals surface area contributed by atoms with Crippen molar-refractivity contribution in [1.82, 2.24) is 0 Å². The molecule has 3 rings (SSSR count). The quantitative estimate of drug-likeness (QED) is 0.341. The molecule has 2 nitrogen and oxygen atoms in total. The molecule has 0 saturated heterocycles. The van der Waals surface area contributed by atoms with Crippen LogP contribution in [0.1, 0.15) is 16.7 Å². The minimum absolute atomic E-state index is 0.0142. The normalized spacial score (nSPS) is 12.1. The highest BCUT2D eigenvalue weighted by Gasteiger charge is 2.35. The van der Waals surface area contributed by atoms with Crippen molar-refractivity contribution in [2.45, 2.75) is 6.18 Å². The molecule has 0 atom stereocenters. The van der Waals surface area contributed by atoms with Gasteiger partial charge in [-0.25, -0.2) is 0 Å². The van der Waals surface area contributed by atoms with Gasteiger partial charge in [-0.15, -0.1) is 0 Å². The van der Waals surface area contributed by atoms with Gasteiger partial charge in [0, 0.05) is 21.2 Å². The van der Waals surface area contributed by atoms with Crippen molar-refractivity contribution in [3.05, 3.63) is 99.5 Å². The van der Waals surface area contributed by atoms with Gasteiger partial charge in [0.15, 0.2) is 5.75 Å².